The Kier molecular flexibility index (Phi) is 7.64. The van der Waals surface area contributed by atoms with Gasteiger partial charge < -0.3 is 14.8 Å². The summed E-state index contributed by atoms with van der Waals surface area (Å²) < 4.78 is 1.92. The largest absolute Gasteiger partial charge is 0.352 e. The van der Waals surface area contributed by atoms with Gasteiger partial charge in [-0.2, -0.15) is 0 Å². The van der Waals surface area contributed by atoms with E-state index in [1.54, 1.807) is 19.4 Å². The molecule has 2 amide bonds. The zero-order valence-electron chi connectivity index (χ0n) is 18.8. The number of nitrogens with zero attached hydrogens (tertiary/aromatic N) is 3. The van der Waals surface area contributed by atoms with Crippen LogP contribution in [0, 0.1) is 12.8 Å². The van der Waals surface area contributed by atoms with Crippen molar-refractivity contribution in [3.8, 4) is 0 Å². The first kappa shape index (κ1) is 23.2. The van der Waals surface area contributed by atoms with Crippen molar-refractivity contribution in [2.45, 2.75) is 65.5 Å². The van der Waals surface area contributed by atoms with E-state index in [9.17, 15) is 14.4 Å². The Morgan fingerprint density at radius 2 is 1.90 bits per heavy atom. The van der Waals surface area contributed by atoms with Crippen LogP contribution in [-0.4, -0.2) is 39.9 Å². The van der Waals surface area contributed by atoms with Crippen molar-refractivity contribution in [3.05, 3.63) is 49.8 Å². The van der Waals surface area contributed by atoms with Gasteiger partial charge in [0.1, 0.15) is 11.1 Å². The number of nitrogens with one attached hydrogen (secondary N) is 1. The molecule has 1 aliphatic carbocycles. The lowest BCUT2D eigenvalue weighted by atomic mass is 9.95. The Balaban J connectivity index is 1.94. The summed E-state index contributed by atoms with van der Waals surface area (Å²) in [4.78, 5) is 45.0. The molecule has 0 unspecified atom stereocenters. The number of aromatic nitrogens is 2. The van der Waals surface area contributed by atoms with Gasteiger partial charge in [0.25, 0.3) is 11.8 Å². The Morgan fingerprint density at radius 3 is 2.52 bits per heavy atom. The number of carbonyl (C=O) groups is 2. The summed E-state index contributed by atoms with van der Waals surface area (Å²) in [5, 5.41) is 5.66. The molecule has 7 nitrogen and oxygen atoms in total. The highest BCUT2D eigenvalue weighted by Crippen LogP contribution is 2.28. The maximum atomic E-state index is 13.2. The standard InChI is InChI=1S/C23H32N4O3S/c1-15(2)10-24-22(29)19-12-27(18-8-6-5-7-9-18)13-20(21(19)28)23(30)26(4)11-17-14-31-16(3)25-17/h12-15,18H,5-11H2,1-4H3,(H,24,29). The van der Waals surface area contributed by atoms with Crippen molar-refractivity contribution in [2.75, 3.05) is 13.6 Å². The molecule has 3 rings (SSSR count). The molecule has 2 aromatic heterocycles. The van der Waals surface area contributed by atoms with Gasteiger partial charge in [0.15, 0.2) is 0 Å². The first-order chi connectivity index (χ1) is 14.8. The van der Waals surface area contributed by atoms with Gasteiger partial charge in [0.05, 0.1) is 17.2 Å². The minimum absolute atomic E-state index is 0.0370. The molecule has 0 radical (unpaired) electrons. The van der Waals surface area contributed by atoms with E-state index < -0.39 is 17.2 Å². The molecule has 1 N–H and O–H groups in total. The molecule has 0 saturated heterocycles. The van der Waals surface area contributed by atoms with Crippen LogP contribution in [0.4, 0.5) is 0 Å². The van der Waals surface area contributed by atoms with E-state index in [0.29, 0.717) is 13.1 Å². The van der Waals surface area contributed by atoms with Crippen LogP contribution in [0.2, 0.25) is 0 Å². The average Bonchev–Trinajstić information content (AvgIpc) is 3.16. The summed E-state index contributed by atoms with van der Waals surface area (Å²) in [5.41, 5.74) is 0.351. The topological polar surface area (TPSA) is 84.3 Å². The lowest BCUT2D eigenvalue weighted by molar-refractivity contribution is 0.0781. The van der Waals surface area contributed by atoms with Gasteiger partial charge >= 0.3 is 0 Å². The van der Waals surface area contributed by atoms with E-state index in [0.717, 1.165) is 36.4 Å². The smallest absolute Gasteiger partial charge is 0.259 e. The van der Waals surface area contributed by atoms with Gasteiger partial charge in [-0.25, -0.2) is 4.98 Å². The number of aryl methyl sites for hydroxylation is 1. The van der Waals surface area contributed by atoms with Crippen LogP contribution in [0.15, 0.2) is 22.6 Å². The molecule has 168 valence electrons. The van der Waals surface area contributed by atoms with Gasteiger partial charge in [-0.15, -0.1) is 11.3 Å². The van der Waals surface area contributed by atoms with Crippen molar-refractivity contribution < 1.29 is 9.59 Å². The second kappa shape index (κ2) is 10.2. The Labute approximate surface area is 187 Å². The van der Waals surface area contributed by atoms with Crippen LogP contribution in [0.25, 0.3) is 0 Å². The fraction of sp³-hybridized carbons (Fsp3) is 0.565. The van der Waals surface area contributed by atoms with E-state index in [2.05, 4.69) is 10.3 Å². The normalized spacial score (nSPS) is 14.6. The molecule has 1 saturated carbocycles. The predicted molar refractivity (Wildman–Crippen MR) is 123 cm³/mol. The van der Waals surface area contributed by atoms with Crippen LogP contribution in [0.3, 0.4) is 0 Å². The van der Waals surface area contributed by atoms with E-state index in [4.69, 9.17) is 0 Å². The molecular formula is C23H32N4O3S. The number of amides is 2. The van der Waals surface area contributed by atoms with Crippen molar-refractivity contribution in [2.24, 2.45) is 5.92 Å². The first-order valence-corrected chi connectivity index (χ1v) is 11.8. The SMILES string of the molecule is Cc1nc(CN(C)C(=O)c2cn(C3CCCCC3)cc(C(=O)NCC(C)C)c2=O)cs1. The number of hydrogen-bond acceptors (Lipinski definition) is 5. The highest BCUT2D eigenvalue weighted by molar-refractivity contribution is 7.09. The van der Waals surface area contributed by atoms with Crippen molar-refractivity contribution >= 4 is 23.2 Å². The molecule has 0 spiro atoms. The molecule has 0 aromatic carbocycles. The molecule has 2 heterocycles. The lowest BCUT2D eigenvalue weighted by Gasteiger charge is -2.26. The van der Waals surface area contributed by atoms with Crippen LogP contribution in [-0.2, 0) is 6.54 Å². The Hall–Kier alpha value is -2.48. The monoisotopic (exact) mass is 444 g/mol. The third kappa shape index (κ3) is 5.81. The summed E-state index contributed by atoms with van der Waals surface area (Å²) in [7, 11) is 1.66. The number of thiazole rings is 1. The number of pyridine rings is 1. The summed E-state index contributed by atoms with van der Waals surface area (Å²) in [5.74, 6) is -0.545. The summed E-state index contributed by atoms with van der Waals surface area (Å²) in [6, 6.07) is 0.198. The van der Waals surface area contributed by atoms with Crippen LogP contribution < -0.4 is 10.7 Å². The van der Waals surface area contributed by atoms with E-state index >= 15 is 0 Å². The highest BCUT2D eigenvalue weighted by Gasteiger charge is 2.25. The fourth-order valence-corrected chi connectivity index (χ4v) is 4.50. The Bertz CT molecular complexity index is 989. The molecular weight excluding hydrogens is 412 g/mol. The van der Waals surface area contributed by atoms with Crippen LogP contribution >= 0.6 is 11.3 Å². The van der Waals surface area contributed by atoms with Gasteiger partial charge in [-0.1, -0.05) is 33.1 Å². The molecule has 1 fully saturated rings. The van der Waals surface area contributed by atoms with Gasteiger partial charge in [-0.3, -0.25) is 14.4 Å². The van der Waals surface area contributed by atoms with E-state index in [1.807, 2.05) is 30.7 Å². The second-order valence-corrected chi connectivity index (χ2v) is 9.84. The minimum Gasteiger partial charge on any atom is -0.352 e. The molecule has 8 heteroatoms. The molecule has 2 aromatic rings. The van der Waals surface area contributed by atoms with Crippen molar-refractivity contribution in [3.63, 3.8) is 0 Å². The molecule has 1 aliphatic rings. The third-order valence-electron chi connectivity index (χ3n) is 5.60. The second-order valence-electron chi connectivity index (χ2n) is 8.78. The van der Waals surface area contributed by atoms with Crippen LogP contribution in [0.1, 0.15) is 83.4 Å². The first-order valence-electron chi connectivity index (χ1n) is 11.0. The maximum Gasteiger partial charge on any atom is 0.259 e. The quantitative estimate of drug-likeness (QED) is 0.704. The maximum absolute atomic E-state index is 13.2. The van der Waals surface area contributed by atoms with E-state index in [1.165, 1.54) is 22.7 Å². The molecule has 0 aliphatic heterocycles. The zero-order chi connectivity index (χ0) is 22.5. The zero-order valence-corrected chi connectivity index (χ0v) is 19.6. The summed E-state index contributed by atoms with van der Waals surface area (Å²) >= 11 is 1.52. The van der Waals surface area contributed by atoms with Crippen molar-refractivity contribution in [1.29, 1.82) is 0 Å². The lowest BCUT2D eigenvalue weighted by Crippen LogP contribution is -2.37. The summed E-state index contributed by atoms with van der Waals surface area (Å²) in [6.45, 7) is 6.70. The van der Waals surface area contributed by atoms with Crippen molar-refractivity contribution in [1.82, 2.24) is 19.8 Å². The van der Waals surface area contributed by atoms with Crippen LogP contribution in [0.5, 0.6) is 0 Å². The molecule has 31 heavy (non-hydrogen) atoms. The number of hydrogen-bond donors (Lipinski definition) is 1. The third-order valence-corrected chi connectivity index (χ3v) is 6.42. The fourth-order valence-electron chi connectivity index (χ4n) is 3.90. The predicted octanol–water partition coefficient (Wildman–Crippen LogP) is 3.78. The number of carbonyl (C=O) groups excluding carboxylic acids is 2. The van der Waals surface area contributed by atoms with E-state index in [-0.39, 0.29) is 23.1 Å². The minimum atomic E-state index is -0.514. The Morgan fingerprint density at radius 1 is 1.23 bits per heavy atom. The average molecular weight is 445 g/mol. The summed E-state index contributed by atoms with van der Waals surface area (Å²) in [6.07, 6.45) is 8.66. The van der Waals surface area contributed by atoms with Gasteiger partial charge in [-0.05, 0) is 25.7 Å². The van der Waals surface area contributed by atoms with Gasteiger partial charge in [0, 0.05) is 37.4 Å². The molecule has 0 bridgehead atoms. The van der Waals surface area contributed by atoms with Gasteiger partial charge in [0.2, 0.25) is 5.43 Å². The highest BCUT2D eigenvalue weighted by atomic mass is 32.1. The molecule has 0 atom stereocenters. The number of rotatable bonds is 7.